The monoisotopic (exact) mass is 313 g/mol. The normalized spacial score (nSPS) is 21.5. The van der Waals surface area contributed by atoms with E-state index in [2.05, 4.69) is 17.0 Å². The van der Waals surface area contributed by atoms with E-state index in [0.29, 0.717) is 11.5 Å². The van der Waals surface area contributed by atoms with Crippen LogP contribution in [0.4, 0.5) is 8.78 Å². The van der Waals surface area contributed by atoms with Gasteiger partial charge in [0.05, 0.1) is 7.11 Å². The van der Waals surface area contributed by atoms with Crippen molar-refractivity contribution < 1.29 is 23.0 Å². The Balaban J connectivity index is 2.03. The number of carbonyl (C=O) groups excluding carboxylic acids is 1. The Kier molecular flexibility index (Phi) is 5.57. The highest BCUT2D eigenvalue weighted by Gasteiger charge is 2.21. The van der Waals surface area contributed by atoms with E-state index in [1.54, 1.807) is 0 Å². The molecule has 0 spiro atoms. The van der Waals surface area contributed by atoms with Crippen molar-refractivity contribution in [1.82, 2.24) is 5.32 Å². The molecule has 1 aliphatic rings. The summed E-state index contributed by atoms with van der Waals surface area (Å²) in [5.41, 5.74) is 0.372. The number of methoxy groups -OCH3 is 1. The molecule has 0 atom stereocenters. The molecule has 4 nitrogen and oxygen atoms in total. The van der Waals surface area contributed by atoms with Crippen LogP contribution in [0.25, 0.3) is 0 Å². The van der Waals surface area contributed by atoms with Crippen molar-refractivity contribution in [2.75, 3.05) is 7.11 Å². The van der Waals surface area contributed by atoms with Crippen molar-refractivity contribution in [2.45, 2.75) is 45.3 Å². The molecule has 1 amide bonds. The highest BCUT2D eigenvalue weighted by Crippen LogP contribution is 2.30. The van der Waals surface area contributed by atoms with Crippen molar-refractivity contribution >= 4 is 5.91 Å². The van der Waals surface area contributed by atoms with Gasteiger partial charge in [0.2, 0.25) is 0 Å². The predicted octanol–water partition coefficient (Wildman–Crippen LogP) is 3.61. The van der Waals surface area contributed by atoms with E-state index < -0.39 is 6.61 Å². The highest BCUT2D eigenvalue weighted by molar-refractivity contribution is 5.95. The molecule has 6 heteroatoms. The van der Waals surface area contributed by atoms with Crippen LogP contribution < -0.4 is 14.8 Å². The maximum absolute atomic E-state index is 12.3. The van der Waals surface area contributed by atoms with Gasteiger partial charge in [-0.3, -0.25) is 4.79 Å². The maximum Gasteiger partial charge on any atom is 0.387 e. The van der Waals surface area contributed by atoms with Gasteiger partial charge in [-0.15, -0.1) is 0 Å². The molecule has 0 unspecified atom stereocenters. The number of carbonyl (C=O) groups is 1. The van der Waals surface area contributed by atoms with Gasteiger partial charge in [-0.2, -0.15) is 8.78 Å². The Bertz CT molecular complexity index is 514. The molecule has 0 aliphatic heterocycles. The van der Waals surface area contributed by atoms with Crippen LogP contribution in [0, 0.1) is 5.92 Å². The van der Waals surface area contributed by atoms with Gasteiger partial charge in [-0.05, 0) is 49.8 Å². The van der Waals surface area contributed by atoms with Crippen molar-refractivity contribution in [3.63, 3.8) is 0 Å². The Hall–Kier alpha value is -1.85. The number of amides is 1. The minimum absolute atomic E-state index is 0.0828. The first-order valence-electron chi connectivity index (χ1n) is 7.43. The van der Waals surface area contributed by atoms with Crippen LogP contribution in [-0.2, 0) is 0 Å². The number of benzene rings is 1. The van der Waals surface area contributed by atoms with Crippen LogP contribution in [0.3, 0.4) is 0 Å². The van der Waals surface area contributed by atoms with Gasteiger partial charge in [-0.25, -0.2) is 0 Å². The third-order valence-corrected chi connectivity index (χ3v) is 3.99. The lowest BCUT2D eigenvalue weighted by molar-refractivity contribution is -0.0512. The molecule has 1 aliphatic carbocycles. The first-order chi connectivity index (χ1) is 10.5. The SMILES string of the molecule is COc1cc(C(=O)NC2CCC(C)CC2)ccc1OC(F)F. The molecular formula is C16H21F2NO3. The Morgan fingerprint density at radius 1 is 1.23 bits per heavy atom. The Labute approximate surface area is 128 Å². The molecule has 0 heterocycles. The molecule has 1 fully saturated rings. The molecule has 22 heavy (non-hydrogen) atoms. The third kappa shape index (κ3) is 4.32. The summed E-state index contributed by atoms with van der Waals surface area (Å²) < 4.78 is 33.9. The predicted molar refractivity (Wildman–Crippen MR) is 78.5 cm³/mol. The summed E-state index contributed by atoms with van der Waals surface area (Å²) in [4.78, 5) is 12.2. The Morgan fingerprint density at radius 3 is 2.50 bits per heavy atom. The number of nitrogens with one attached hydrogen (secondary N) is 1. The molecule has 1 N–H and O–H groups in total. The van der Waals surface area contributed by atoms with E-state index in [1.165, 1.54) is 25.3 Å². The zero-order valence-corrected chi connectivity index (χ0v) is 12.8. The molecule has 0 saturated heterocycles. The fraction of sp³-hybridized carbons (Fsp3) is 0.562. The van der Waals surface area contributed by atoms with Gasteiger partial charge in [0.25, 0.3) is 5.91 Å². The van der Waals surface area contributed by atoms with Gasteiger partial charge >= 0.3 is 6.61 Å². The minimum atomic E-state index is -2.93. The molecule has 122 valence electrons. The summed E-state index contributed by atoms with van der Waals surface area (Å²) in [5, 5.41) is 2.98. The largest absolute Gasteiger partial charge is 0.493 e. The topological polar surface area (TPSA) is 47.6 Å². The summed E-state index contributed by atoms with van der Waals surface area (Å²) in [6.45, 7) is -0.720. The Morgan fingerprint density at radius 2 is 1.91 bits per heavy atom. The molecular weight excluding hydrogens is 292 g/mol. The molecule has 1 saturated carbocycles. The second-order valence-electron chi connectivity index (χ2n) is 5.67. The van der Waals surface area contributed by atoms with Crippen LogP contribution in [0.1, 0.15) is 43.0 Å². The smallest absolute Gasteiger partial charge is 0.387 e. The third-order valence-electron chi connectivity index (χ3n) is 3.99. The van der Waals surface area contributed by atoms with Crippen molar-refractivity contribution in [3.05, 3.63) is 23.8 Å². The summed E-state index contributed by atoms with van der Waals surface area (Å²) in [5.74, 6) is 0.520. The highest BCUT2D eigenvalue weighted by atomic mass is 19.3. The summed E-state index contributed by atoms with van der Waals surface area (Å²) in [7, 11) is 1.35. The summed E-state index contributed by atoms with van der Waals surface area (Å²) in [6.07, 6.45) is 4.15. The van der Waals surface area contributed by atoms with E-state index in [4.69, 9.17) is 4.74 Å². The van der Waals surface area contributed by atoms with E-state index in [9.17, 15) is 13.6 Å². The van der Waals surface area contributed by atoms with Crippen LogP contribution in [-0.4, -0.2) is 25.7 Å². The second-order valence-corrected chi connectivity index (χ2v) is 5.67. The average Bonchev–Trinajstić information content (AvgIpc) is 2.49. The van der Waals surface area contributed by atoms with Gasteiger partial charge in [0.15, 0.2) is 11.5 Å². The maximum atomic E-state index is 12.3. The van der Waals surface area contributed by atoms with E-state index in [0.717, 1.165) is 25.7 Å². The second kappa shape index (κ2) is 7.42. The number of ether oxygens (including phenoxy) is 2. The molecule has 0 bridgehead atoms. The number of alkyl halides is 2. The zero-order valence-electron chi connectivity index (χ0n) is 12.8. The lowest BCUT2D eigenvalue weighted by atomic mass is 9.87. The fourth-order valence-electron chi connectivity index (χ4n) is 2.68. The van der Waals surface area contributed by atoms with Gasteiger partial charge in [0, 0.05) is 11.6 Å². The lowest BCUT2D eigenvalue weighted by Crippen LogP contribution is -2.37. The average molecular weight is 313 g/mol. The summed E-state index contributed by atoms with van der Waals surface area (Å²) >= 11 is 0. The number of hydrogen-bond acceptors (Lipinski definition) is 3. The van der Waals surface area contributed by atoms with Gasteiger partial charge in [-0.1, -0.05) is 6.92 Å². The summed E-state index contributed by atoms with van der Waals surface area (Å²) in [6, 6.07) is 4.37. The van der Waals surface area contributed by atoms with Crippen LogP contribution >= 0.6 is 0 Å². The minimum Gasteiger partial charge on any atom is -0.493 e. The van der Waals surface area contributed by atoms with Crippen molar-refractivity contribution in [1.29, 1.82) is 0 Å². The van der Waals surface area contributed by atoms with Crippen LogP contribution in [0.15, 0.2) is 18.2 Å². The number of rotatable bonds is 5. The number of hydrogen-bond donors (Lipinski definition) is 1. The molecule has 0 radical (unpaired) electrons. The van der Waals surface area contributed by atoms with Gasteiger partial charge < -0.3 is 14.8 Å². The molecule has 2 rings (SSSR count). The zero-order chi connectivity index (χ0) is 16.1. The standard InChI is InChI=1S/C16H21F2NO3/c1-10-3-6-12(7-4-10)19-15(20)11-5-8-13(22-16(17)18)14(9-11)21-2/h5,8-10,12,16H,3-4,6-7H2,1-2H3,(H,19,20). The van der Waals surface area contributed by atoms with Gasteiger partial charge in [0.1, 0.15) is 0 Å². The van der Waals surface area contributed by atoms with Crippen molar-refractivity contribution in [3.8, 4) is 11.5 Å². The lowest BCUT2D eigenvalue weighted by Gasteiger charge is -2.27. The van der Waals surface area contributed by atoms with E-state index >= 15 is 0 Å². The van der Waals surface area contributed by atoms with Crippen LogP contribution in [0.2, 0.25) is 0 Å². The molecule has 0 aromatic heterocycles. The molecule has 1 aromatic rings. The first-order valence-corrected chi connectivity index (χ1v) is 7.43. The van der Waals surface area contributed by atoms with Crippen LogP contribution in [0.5, 0.6) is 11.5 Å². The van der Waals surface area contributed by atoms with Crippen molar-refractivity contribution in [2.24, 2.45) is 5.92 Å². The number of halogens is 2. The van der Waals surface area contributed by atoms with E-state index in [1.807, 2.05) is 0 Å². The fourth-order valence-corrected chi connectivity index (χ4v) is 2.68. The molecule has 1 aromatic carbocycles. The van der Waals surface area contributed by atoms with E-state index in [-0.39, 0.29) is 23.4 Å². The first kappa shape index (κ1) is 16.5. The quantitative estimate of drug-likeness (QED) is 0.903.